The number of hydrogen-bond donors (Lipinski definition) is 2. The normalized spacial score (nSPS) is 10.6. The number of rotatable bonds is 3. The molecule has 0 radical (unpaired) electrons. The summed E-state index contributed by atoms with van der Waals surface area (Å²) >= 11 is 7.42. The molecule has 2 aromatic heterocycles. The van der Waals surface area contributed by atoms with E-state index >= 15 is 0 Å². The SMILES string of the molecule is NNc1nc(Oc2cccc(Cl)c2)c2ccsc2n1. The molecule has 3 aromatic rings. The summed E-state index contributed by atoms with van der Waals surface area (Å²) < 4.78 is 5.75. The van der Waals surface area contributed by atoms with Gasteiger partial charge in [0.05, 0.1) is 5.39 Å². The predicted octanol–water partition coefficient (Wildman–Crippen LogP) is 3.42. The highest BCUT2D eigenvalue weighted by molar-refractivity contribution is 7.16. The van der Waals surface area contributed by atoms with Crippen molar-refractivity contribution in [3.63, 3.8) is 0 Å². The highest BCUT2D eigenvalue weighted by Gasteiger charge is 2.10. The van der Waals surface area contributed by atoms with Crippen LogP contribution in [0.1, 0.15) is 0 Å². The lowest BCUT2D eigenvalue weighted by molar-refractivity contribution is 0.469. The molecule has 1 aromatic carbocycles. The second-order valence-electron chi connectivity index (χ2n) is 3.70. The van der Waals surface area contributed by atoms with Gasteiger partial charge in [0.15, 0.2) is 0 Å². The van der Waals surface area contributed by atoms with Crippen molar-refractivity contribution in [1.82, 2.24) is 9.97 Å². The predicted molar refractivity (Wildman–Crippen MR) is 76.8 cm³/mol. The fourth-order valence-corrected chi connectivity index (χ4v) is 2.55. The first-order valence-corrected chi connectivity index (χ1v) is 6.67. The fraction of sp³-hybridized carbons (Fsp3) is 0. The molecular formula is C12H9ClN4OS. The molecule has 0 aliphatic carbocycles. The van der Waals surface area contributed by atoms with E-state index in [4.69, 9.17) is 22.2 Å². The minimum absolute atomic E-state index is 0.312. The first kappa shape index (κ1) is 12.2. The molecule has 0 aliphatic rings. The molecule has 0 unspecified atom stereocenters. The third-order valence-corrected chi connectivity index (χ3v) is 3.47. The molecule has 0 fully saturated rings. The van der Waals surface area contributed by atoms with Gasteiger partial charge < -0.3 is 4.74 Å². The van der Waals surface area contributed by atoms with E-state index in [2.05, 4.69) is 15.4 Å². The molecule has 19 heavy (non-hydrogen) atoms. The highest BCUT2D eigenvalue weighted by Crippen LogP contribution is 2.31. The Morgan fingerprint density at radius 2 is 2.16 bits per heavy atom. The van der Waals surface area contributed by atoms with Crippen molar-refractivity contribution >= 4 is 39.1 Å². The van der Waals surface area contributed by atoms with Gasteiger partial charge in [-0.2, -0.15) is 4.98 Å². The Morgan fingerprint density at radius 1 is 1.26 bits per heavy atom. The molecule has 96 valence electrons. The number of fused-ring (bicyclic) bond motifs is 1. The van der Waals surface area contributed by atoms with Crippen molar-refractivity contribution in [3.05, 3.63) is 40.7 Å². The van der Waals surface area contributed by atoms with Crippen LogP contribution in [0.5, 0.6) is 11.6 Å². The first-order valence-electron chi connectivity index (χ1n) is 5.41. The van der Waals surface area contributed by atoms with Crippen molar-refractivity contribution in [3.8, 4) is 11.6 Å². The van der Waals surface area contributed by atoms with Gasteiger partial charge in [-0.15, -0.1) is 11.3 Å². The molecule has 5 nitrogen and oxygen atoms in total. The van der Waals surface area contributed by atoms with Crippen LogP contribution in [0, 0.1) is 0 Å². The number of nitrogens with one attached hydrogen (secondary N) is 1. The van der Waals surface area contributed by atoms with Crippen LogP contribution in [-0.4, -0.2) is 9.97 Å². The zero-order valence-corrected chi connectivity index (χ0v) is 11.2. The van der Waals surface area contributed by atoms with Crippen molar-refractivity contribution in [2.75, 3.05) is 5.43 Å². The Balaban J connectivity index is 2.06. The minimum Gasteiger partial charge on any atom is -0.438 e. The molecule has 7 heteroatoms. The van der Waals surface area contributed by atoms with E-state index in [1.54, 1.807) is 12.1 Å². The molecule has 0 saturated heterocycles. The van der Waals surface area contributed by atoms with Crippen LogP contribution in [0.3, 0.4) is 0 Å². The molecule has 0 amide bonds. The van der Waals surface area contributed by atoms with Gasteiger partial charge in [0.2, 0.25) is 11.8 Å². The lowest BCUT2D eigenvalue weighted by Gasteiger charge is -2.07. The van der Waals surface area contributed by atoms with Gasteiger partial charge in [-0.1, -0.05) is 17.7 Å². The minimum atomic E-state index is 0.312. The number of halogens is 1. The van der Waals surface area contributed by atoms with Gasteiger partial charge in [0.1, 0.15) is 10.6 Å². The summed E-state index contributed by atoms with van der Waals surface area (Å²) in [5.41, 5.74) is 2.42. The van der Waals surface area contributed by atoms with Crippen LogP contribution in [0.4, 0.5) is 5.95 Å². The molecule has 0 atom stereocenters. The summed E-state index contributed by atoms with van der Waals surface area (Å²) in [7, 11) is 0. The summed E-state index contributed by atoms with van der Waals surface area (Å²) in [6.07, 6.45) is 0. The van der Waals surface area contributed by atoms with E-state index in [1.807, 2.05) is 23.6 Å². The molecule has 0 saturated carbocycles. The lowest BCUT2D eigenvalue weighted by atomic mass is 10.3. The average molecular weight is 293 g/mol. The Labute approximate surface area is 118 Å². The van der Waals surface area contributed by atoms with Gasteiger partial charge >= 0.3 is 0 Å². The van der Waals surface area contributed by atoms with Crippen LogP contribution >= 0.6 is 22.9 Å². The van der Waals surface area contributed by atoms with E-state index in [0.717, 1.165) is 10.2 Å². The lowest BCUT2D eigenvalue weighted by Crippen LogP contribution is -2.10. The second kappa shape index (κ2) is 5.00. The summed E-state index contributed by atoms with van der Waals surface area (Å²) in [4.78, 5) is 9.26. The Bertz CT molecular complexity index is 731. The number of anilines is 1. The number of hydrazine groups is 1. The molecule has 0 bridgehead atoms. The quantitative estimate of drug-likeness (QED) is 0.571. The summed E-state index contributed by atoms with van der Waals surface area (Å²) in [6, 6.07) is 9.02. The number of nitrogens with two attached hydrogens (primary N) is 1. The van der Waals surface area contributed by atoms with Crippen LogP contribution < -0.4 is 16.0 Å². The second-order valence-corrected chi connectivity index (χ2v) is 5.03. The van der Waals surface area contributed by atoms with E-state index in [9.17, 15) is 0 Å². The van der Waals surface area contributed by atoms with Gasteiger partial charge in [-0.3, -0.25) is 5.43 Å². The highest BCUT2D eigenvalue weighted by atomic mass is 35.5. The number of benzene rings is 1. The Hall–Kier alpha value is -1.89. The maximum Gasteiger partial charge on any atom is 0.241 e. The third kappa shape index (κ3) is 2.46. The van der Waals surface area contributed by atoms with E-state index in [-0.39, 0.29) is 0 Å². The molecule has 0 aliphatic heterocycles. The maximum absolute atomic E-state index is 5.92. The molecular weight excluding hydrogens is 284 g/mol. The van der Waals surface area contributed by atoms with Crippen molar-refractivity contribution < 1.29 is 4.74 Å². The number of thiophene rings is 1. The van der Waals surface area contributed by atoms with E-state index in [0.29, 0.717) is 22.6 Å². The Morgan fingerprint density at radius 3 is 2.95 bits per heavy atom. The van der Waals surface area contributed by atoms with Gasteiger partial charge in [-0.05, 0) is 29.6 Å². The smallest absolute Gasteiger partial charge is 0.241 e. The number of nitrogen functional groups attached to an aromatic ring is 1. The molecule has 0 spiro atoms. The maximum atomic E-state index is 5.92. The Kier molecular flexibility index (Phi) is 3.20. The molecule has 3 rings (SSSR count). The zero-order valence-electron chi connectivity index (χ0n) is 9.63. The monoisotopic (exact) mass is 292 g/mol. The fourth-order valence-electron chi connectivity index (χ4n) is 1.61. The van der Waals surface area contributed by atoms with Crippen molar-refractivity contribution in [2.24, 2.45) is 5.84 Å². The van der Waals surface area contributed by atoms with Crippen LogP contribution in [0.2, 0.25) is 5.02 Å². The van der Waals surface area contributed by atoms with Crippen LogP contribution in [0.15, 0.2) is 35.7 Å². The first-order chi connectivity index (χ1) is 9.26. The van der Waals surface area contributed by atoms with E-state index < -0.39 is 0 Å². The third-order valence-electron chi connectivity index (χ3n) is 2.43. The summed E-state index contributed by atoms with van der Waals surface area (Å²) in [5, 5.41) is 3.36. The van der Waals surface area contributed by atoms with Crippen molar-refractivity contribution in [1.29, 1.82) is 0 Å². The summed E-state index contributed by atoms with van der Waals surface area (Å²) in [6.45, 7) is 0. The molecule has 2 heterocycles. The number of aromatic nitrogens is 2. The topological polar surface area (TPSA) is 73.1 Å². The van der Waals surface area contributed by atoms with Gasteiger partial charge in [0.25, 0.3) is 0 Å². The largest absolute Gasteiger partial charge is 0.438 e. The van der Waals surface area contributed by atoms with Crippen LogP contribution in [-0.2, 0) is 0 Å². The van der Waals surface area contributed by atoms with E-state index in [1.165, 1.54) is 11.3 Å². The number of ether oxygens (including phenoxy) is 1. The molecule has 3 N–H and O–H groups in total. The van der Waals surface area contributed by atoms with Crippen molar-refractivity contribution in [2.45, 2.75) is 0 Å². The van der Waals surface area contributed by atoms with Gasteiger partial charge in [-0.25, -0.2) is 10.8 Å². The zero-order chi connectivity index (χ0) is 13.2. The summed E-state index contributed by atoms with van der Waals surface area (Å²) in [5.74, 6) is 6.72. The number of hydrogen-bond acceptors (Lipinski definition) is 6. The standard InChI is InChI=1S/C12H9ClN4OS/c13-7-2-1-3-8(6-7)18-10-9-4-5-19-11(9)16-12(15-10)17-14/h1-6H,14H2,(H,15,16,17). The van der Waals surface area contributed by atoms with Gasteiger partial charge in [0, 0.05) is 5.02 Å². The number of nitrogens with zero attached hydrogens (tertiary/aromatic N) is 2. The average Bonchev–Trinajstić information content (AvgIpc) is 2.87. The van der Waals surface area contributed by atoms with Crippen LogP contribution in [0.25, 0.3) is 10.2 Å².